The summed E-state index contributed by atoms with van der Waals surface area (Å²) in [4.78, 5) is 3.12. The summed E-state index contributed by atoms with van der Waals surface area (Å²) in [6.45, 7) is 16.2. The lowest BCUT2D eigenvalue weighted by Gasteiger charge is -1.83. The molecule has 2 aromatic rings. The highest BCUT2D eigenvalue weighted by Crippen LogP contribution is 2.09. The summed E-state index contributed by atoms with van der Waals surface area (Å²) < 4.78 is 0. The van der Waals surface area contributed by atoms with Crippen molar-refractivity contribution in [3.63, 3.8) is 0 Å². The van der Waals surface area contributed by atoms with Crippen LogP contribution in [0.25, 0.3) is 10.9 Å². The van der Waals surface area contributed by atoms with Gasteiger partial charge in [-0.05, 0) is 17.5 Å². The molecule has 18 heavy (non-hydrogen) atoms. The molecule has 0 aliphatic heterocycles. The van der Waals surface area contributed by atoms with Crippen LogP contribution >= 0.6 is 0 Å². The van der Waals surface area contributed by atoms with Crippen LogP contribution in [0.2, 0.25) is 0 Å². The molecule has 0 spiro atoms. The molecule has 0 bridgehead atoms. The normalized spacial score (nSPS) is 7.11. The first-order valence-electron chi connectivity index (χ1n) is 7.40. The Balaban J connectivity index is -0.000000215. The standard InChI is InChI=1S/C8H7N.C3H8.3C2H6/c1-2-4-8-7(3-1)5-6-9-8;1-3-2;3*1-2/h1-6,9H;3H2,1-2H3;3*1-2H3. The Hall–Kier alpha value is -1.24. The topological polar surface area (TPSA) is 15.8 Å². The highest BCUT2D eigenvalue weighted by molar-refractivity contribution is 5.78. The molecule has 1 heteroatoms. The molecule has 1 aromatic carbocycles. The van der Waals surface area contributed by atoms with E-state index < -0.39 is 0 Å². The highest BCUT2D eigenvalue weighted by atomic mass is 14.6. The first-order valence-corrected chi connectivity index (χ1v) is 7.40. The fraction of sp³-hybridized carbons (Fsp3) is 0.529. The van der Waals surface area contributed by atoms with Gasteiger partial charge in [-0.15, -0.1) is 0 Å². The maximum atomic E-state index is 3.12. The minimum Gasteiger partial charge on any atom is -0.361 e. The molecule has 0 unspecified atom stereocenters. The van der Waals surface area contributed by atoms with Crippen molar-refractivity contribution in [2.45, 2.75) is 61.8 Å². The molecule has 1 aromatic heterocycles. The lowest BCUT2D eigenvalue weighted by atomic mass is 10.3. The number of hydrogen-bond donors (Lipinski definition) is 1. The molecule has 1 heterocycles. The van der Waals surface area contributed by atoms with E-state index in [0.29, 0.717) is 0 Å². The third-order valence-electron chi connectivity index (χ3n) is 1.46. The Morgan fingerprint density at radius 3 is 1.67 bits per heavy atom. The Morgan fingerprint density at radius 2 is 1.22 bits per heavy atom. The molecule has 0 atom stereocenters. The van der Waals surface area contributed by atoms with Gasteiger partial charge in [-0.25, -0.2) is 0 Å². The number of H-pyrrole nitrogens is 1. The second-order valence-electron chi connectivity index (χ2n) is 2.77. The zero-order valence-electron chi connectivity index (χ0n) is 13.7. The molecule has 0 fully saturated rings. The number of benzene rings is 1. The van der Waals surface area contributed by atoms with Gasteiger partial charge in [0.2, 0.25) is 0 Å². The lowest BCUT2D eigenvalue weighted by Crippen LogP contribution is -1.61. The van der Waals surface area contributed by atoms with E-state index >= 15 is 0 Å². The van der Waals surface area contributed by atoms with Gasteiger partial charge in [0, 0.05) is 11.7 Å². The summed E-state index contributed by atoms with van der Waals surface area (Å²) in [6, 6.07) is 10.3. The van der Waals surface area contributed by atoms with Gasteiger partial charge in [0.25, 0.3) is 0 Å². The van der Waals surface area contributed by atoms with Crippen LogP contribution in [0.15, 0.2) is 36.5 Å². The number of rotatable bonds is 0. The largest absolute Gasteiger partial charge is 0.361 e. The summed E-state index contributed by atoms with van der Waals surface area (Å²) in [5, 5.41) is 1.28. The van der Waals surface area contributed by atoms with Crippen LogP contribution in [0.3, 0.4) is 0 Å². The summed E-state index contributed by atoms with van der Waals surface area (Å²) >= 11 is 0. The molecule has 2 rings (SSSR count). The van der Waals surface area contributed by atoms with Crippen molar-refractivity contribution in [3.05, 3.63) is 36.5 Å². The predicted molar refractivity (Wildman–Crippen MR) is 88.3 cm³/mol. The van der Waals surface area contributed by atoms with Crippen LogP contribution in [0, 0.1) is 0 Å². The smallest absolute Gasteiger partial charge is 0.0453 e. The Kier molecular flexibility index (Phi) is 25.8. The first kappa shape index (κ1) is 22.0. The second kappa shape index (κ2) is 21.1. The van der Waals surface area contributed by atoms with Crippen molar-refractivity contribution in [3.8, 4) is 0 Å². The zero-order chi connectivity index (χ0) is 14.8. The van der Waals surface area contributed by atoms with Crippen LogP contribution in [-0.4, -0.2) is 4.98 Å². The van der Waals surface area contributed by atoms with Crippen molar-refractivity contribution in [2.75, 3.05) is 0 Å². The van der Waals surface area contributed by atoms with Crippen LogP contribution in [0.4, 0.5) is 0 Å². The molecule has 0 amide bonds. The van der Waals surface area contributed by atoms with Crippen molar-refractivity contribution in [2.24, 2.45) is 0 Å². The lowest BCUT2D eigenvalue weighted by molar-refractivity contribution is 1.09. The first-order chi connectivity index (χ1) is 8.88. The Labute approximate surface area is 115 Å². The van der Waals surface area contributed by atoms with E-state index in [2.05, 4.69) is 37.0 Å². The van der Waals surface area contributed by atoms with Gasteiger partial charge in [0.15, 0.2) is 0 Å². The molecule has 106 valence electrons. The number of hydrogen-bond acceptors (Lipinski definition) is 0. The van der Waals surface area contributed by atoms with Crippen molar-refractivity contribution in [1.29, 1.82) is 0 Å². The third kappa shape index (κ3) is 11.3. The summed E-state index contributed by atoms with van der Waals surface area (Å²) in [5.74, 6) is 0. The van der Waals surface area contributed by atoms with Crippen LogP contribution < -0.4 is 0 Å². The molecular weight excluding hydrogens is 218 g/mol. The van der Waals surface area contributed by atoms with E-state index in [1.807, 2.05) is 59.9 Å². The van der Waals surface area contributed by atoms with Crippen molar-refractivity contribution >= 4 is 10.9 Å². The molecule has 0 saturated carbocycles. The van der Waals surface area contributed by atoms with Crippen LogP contribution in [0.5, 0.6) is 0 Å². The second-order valence-corrected chi connectivity index (χ2v) is 2.77. The van der Waals surface area contributed by atoms with Crippen molar-refractivity contribution < 1.29 is 0 Å². The van der Waals surface area contributed by atoms with Gasteiger partial charge in [-0.3, -0.25) is 0 Å². The quantitative estimate of drug-likeness (QED) is 0.538. The van der Waals surface area contributed by atoms with E-state index in [4.69, 9.17) is 0 Å². The molecule has 0 saturated heterocycles. The Bertz CT molecular complexity index is 293. The number of fused-ring (bicyclic) bond motifs is 1. The third-order valence-corrected chi connectivity index (χ3v) is 1.46. The molecule has 0 aliphatic rings. The van der Waals surface area contributed by atoms with Gasteiger partial charge in [-0.2, -0.15) is 0 Å². The van der Waals surface area contributed by atoms with Gasteiger partial charge >= 0.3 is 0 Å². The van der Waals surface area contributed by atoms with E-state index in [1.165, 1.54) is 17.3 Å². The van der Waals surface area contributed by atoms with Crippen LogP contribution in [-0.2, 0) is 0 Å². The minimum absolute atomic E-state index is 1.21. The number of nitrogens with one attached hydrogen (secondary N) is 1. The maximum absolute atomic E-state index is 3.12. The monoisotopic (exact) mass is 251 g/mol. The van der Waals surface area contributed by atoms with E-state index in [-0.39, 0.29) is 0 Å². The van der Waals surface area contributed by atoms with Gasteiger partial charge in [0.05, 0.1) is 0 Å². The van der Waals surface area contributed by atoms with E-state index in [9.17, 15) is 0 Å². The minimum atomic E-state index is 1.21. The zero-order valence-corrected chi connectivity index (χ0v) is 13.7. The highest BCUT2D eigenvalue weighted by Gasteiger charge is 1.86. The number of aromatic amines is 1. The maximum Gasteiger partial charge on any atom is 0.0453 e. The summed E-state index contributed by atoms with van der Waals surface area (Å²) in [7, 11) is 0. The van der Waals surface area contributed by atoms with E-state index in [1.54, 1.807) is 0 Å². The molecule has 0 aliphatic carbocycles. The van der Waals surface area contributed by atoms with Gasteiger partial charge in [-0.1, -0.05) is 80.0 Å². The number of para-hydroxylation sites is 1. The van der Waals surface area contributed by atoms with Gasteiger partial charge in [0.1, 0.15) is 0 Å². The average molecular weight is 251 g/mol. The molecule has 0 radical (unpaired) electrons. The summed E-state index contributed by atoms with van der Waals surface area (Å²) in [6.07, 6.45) is 3.20. The SMILES string of the molecule is CC.CC.CC.CCC.c1ccc2[nH]ccc2c1. The molecule has 1 N–H and O–H groups in total. The Morgan fingerprint density at radius 1 is 0.778 bits per heavy atom. The fourth-order valence-electron chi connectivity index (χ4n) is 0.995. The van der Waals surface area contributed by atoms with Crippen molar-refractivity contribution in [1.82, 2.24) is 4.98 Å². The van der Waals surface area contributed by atoms with Crippen LogP contribution in [0.1, 0.15) is 61.8 Å². The fourth-order valence-corrected chi connectivity index (χ4v) is 0.995. The molecular formula is C17H33N. The van der Waals surface area contributed by atoms with Gasteiger partial charge < -0.3 is 4.98 Å². The molecule has 1 nitrogen and oxygen atoms in total. The summed E-state index contributed by atoms with van der Waals surface area (Å²) in [5.41, 5.74) is 1.21. The number of aromatic nitrogens is 1. The van der Waals surface area contributed by atoms with E-state index in [0.717, 1.165) is 0 Å². The predicted octanol–water partition coefficient (Wildman–Crippen LogP) is 6.66. The average Bonchev–Trinajstić information content (AvgIpc) is 2.95.